The number of nitro groups is 1. The van der Waals surface area contributed by atoms with Crippen LogP contribution in [0, 0.1) is 10.1 Å². The van der Waals surface area contributed by atoms with Gasteiger partial charge in [-0.1, -0.05) is 6.42 Å². The molecule has 104 valence electrons. The van der Waals surface area contributed by atoms with Crippen molar-refractivity contribution in [2.45, 2.75) is 25.3 Å². The Balaban J connectivity index is 2.21. The Kier molecular flexibility index (Phi) is 4.45. The molecule has 0 aliphatic carbocycles. The Morgan fingerprint density at radius 1 is 1.53 bits per heavy atom. The zero-order valence-electron chi connectivity index (χ0n) is 10.8. The SMILES string of the molecule is COc1ncnc(NC2CCCCNC2)c1[N+](=O)[O-]. The summed E-state index contributed by atoms with van der Waals surface area (Å²) in [7, 11) is 1.35. The van der Waals surface area contributed by atoms with Crippen LogP contribution in [0.3, 0.4) is 0 Å². The Labute approximate surface area is 110 Å². The Bertz CT molecular complexity index is 446. The Hall–Kier alpha value is -1.96. The first-order valence-electron chi connectivity index (χ1n) is 6.23. The molecule has 2 rings (SSSR count). The molecule has 0 saturated carbocycles. The minimum atomic E-state index is -0.523. The van der Waals surface area contributed by atoms with Gasteiger partial charge in [0.05, 0.1) is 12.0 Å². The highest BCUT2D eigenvalue weighted by atomic mass is 16.6. The van der Waals surface area contributed by atoms with E-state index in [1.54, 1.807) is 0 Å². The standard InChI is InChI=1S/C11H17N5O3/c1-19-11-9(16(17)18)10(13-7-14-11)15-8-4-2-3-5-12-6-8/h7-8,12H,2-6H2,1H3,(H,13,14,15). The van der Waals surface area contributed by atoms with Crippen molar-refractivity contribution in [3.05, 3.63) is 16.4 Å². The molecule has 2 heterocycles. The summed E-state index contributed by atoms with van der Waals surface area (Å²) in [5, 5.41) is 17.5. The average molecular weight is 267 g/mol. The Morgan fingerprint density at radius 2 is 2.37 bits per heavy atom. The van der Waals surface area contributed by atoms with Crippen LogP contribution in [0.4, 0.5) is 11.5 Å². The van der Waals surface area contributed by atoms with Gasteiger partial charge < -0.3 is 15.4 Å². The number of hydrogen-bond acceptors (Lipinski definition) is 7. The van der Waals surface area contributed by atoms with Crippen molar-refractivity contribution in [1.29, 1.82) is 0 Å². The largest absolute Gasteiger partial charge is 0.476 e. The lowest BCUT2D eigenvalue weighted by Gasteiger charge is -2.17. The number of ether oxygens (including phenoxy) is 1. The molecule has 19 heavy (non-hydrogen) atoms. The molecular formula is C11H17N5O3. The first-order chi connectivity index (χ1) is 9.22. The van der Waals surface area contributed by atoms with Crippen molar-refractivity contribution >= 4 is 11.5 Å². The van der Waals surface area contributed by atoms with Gasteiger partial charge in [-0.2, -0.15) is 4.98 Å². The normalized spacial score (nSPS) is 19.5. The lowest BCUT2D eigenvalue weighted by Crippen LogP contribution is -2.31. The summed E-state index contributed by atoms with van der Waals surface area (Å²) in [5.41, 5.74) is -0.214. The molecule has 0 radical (unpaired) electrons. The quantitative estimate of drug-likeness (QED) is 0.618. The van der Waals surface area contributed by atoms with E-state index in [1.165, 1.54) is 13.4 Å². The van der Waals surface area contributed by atoms with Crippen molar-refractivity contribution in [2.24, 2.45) is 0 Å². The summed E-state index contributed by atoms with van der Waals surface area (Å²) < 4.78 is 4.91. The highest BCUT2D eigenvalue weighted by molar-refractivity contribution is 5.61. The van der Waals surface area contributed by atoms with E-state index in [-0.39, 0.29) is 23.4 Å². The monoisotopic (exact) mass is 267 g/mol. The van der Waals surface area contributed by atoms with E-state index in [2.05, 4.69) is 20.6 Å². The van der Waals surface area contributed by atoms with Crippen molar-refractivity contribution in [1.82, 2.24) is 15.3 Å². The molecule has 8 heteroatoms. The van der Waals surface area contributed by atoms with Crippen molar-refractivity contribution in [2.75, 3.05) is 25.5 Å². The molecule has 1 aromatic heterocycles. The number of rotatable bonds is 4. The number of methoxy groups -OCH3 is 1. The molecule has 1 aliphatic heterocycles. The van der Waals surface area contributed by atoms with E-state index in [9.17, 15) is 10.1 Å². The van der Waals surface area contributed by atoms with Gasteiger partial charge >= 0.3 is 5.69 Å². The fraction of sp³-hybridized carbons (Fsp3) is 0.636. The number of nitrogens with one attached hydrogen (secondary N) is 2. The maximum Gasteiger partial charge on any atom is 0.372 e. The Morgan fingerprint density at radius 3 is 3.11 bits per heavy atom. The summed E-state index contributed by atoms with van der Waals surface area (Å²) in [6.45, 7) is 1.75. The smallest absolute Gasteiger partial charge is 0.372 e. The summed E-state index contributed by atoms with van der Waals surface area (Å²) in [6.07, 6.45) is 4.42. The molecule has 1 atom stereocenters. The third kappa shape index (κ3) is 3.28. The van der Waals surface area contributed by atoms with Crippen molar-refractivity contribution in [3.63, 3.8) is 0 Å². The van der Waals surface area contributed by atoms with E-state index in [0.717, 1.165) is 32.4 Å². The van der Waals surface area contributed by atoms with Gasteiger partial charge in [-0.25, -0.2) is 4.98 Å². The van der Waals surface area contributed by atoms with Crippen LogP contribution in [0.25, 0.3) is 0 Å². The zero-order chi connectivity index (χ0) is 13.7. The zero-order valence-corrected chi connectivity index (χ0v) is 10.8. The van der Waals surface area contributed by atoms with Crippen LogP contribution in [-0.2, 0) is 0 Å². The number of nitrogens with zero attached hydrogens (tertiary/aromatic N) is 3. The molecule has 1 aliphatic rings. The molecular weight excluding hydrogens is 250 g/mol. The van der Waals surface area contributed by atoms with Crippen LogP contribution in [0.15, 0.2) is 6.33 Å². The highest BCUT2D eigenvalue weighted by Gasteiger charge is 2.25. The highest BCUT2D eigenvalue weighted by Crippen LogP contribution is 2.31. The second kappa shape index (κ2) is 6.28. The van der Waals surface area contributed by atoms with E-state index >= 15 is 0 Å². The van der Waals surface area contributed by atoms with Gasteiger partial charge in [0.15, 0.2) is 0 Å². The number of aromatic nitrogens is 2. The van der Waals surface area contributed by atoms with Gasteiger partial charge in [0.1, 0.15) is 6.33 Å². The van der Waals surface area contributed by atoms with Crippen LogP contribution in [-0.4, -0.2) is 41.1 Å². The van der Waals surface area contributed by atoms with Gasteiger partial charge in [0.2, 0.25) is 5.82 Å². The molecule has 0 amide bonds. The van der Waals surface area contributed by atoms with E-state index in [1.807, 2.05) is 0 Å². The fourth-order valence-electron chi connectivity index (χ4n) is 2.12. The molecule has 0 bridgehead atoms. The molecule has 8 nitrogen and oxygen atoms in total. The maximum absolute atomic E-state index is 11.1. The molecule has 0 aromatic carbocycles. The van der Waals surface area contributed by atoms with Gasteiger partial charge in [-0.3, -0.25) is 10.1 Å². The van der Waals surface area contributed by atoms with Gasteiger partial charge in [0.25, 0.3) is 5.88 Å². The molecule has 1 unspecified atom stereocenters. The second-order valence-corrected chi connectivity index (χ2v) is 4.38. The van der Waals surface area contributed by atoms with Gasteiger partial charge in [-0.05, 0) is 19.4 Å². The van der Waals surface area contributed by atoms with Gasteiger partial charge in [-0.15, -0.1) is 0 Å². The first-order valence-corrected chi connectivity index (χ1v) is 6.23. The molecule has 2 N–H and O–H groups in total. The van der Waals surface area contributed by atoms with Crippen LogP contribution in [0.5, 0.6) is 5.88 Å². The second-order valence-electron chi connectivity index (χ2n) is 4.38. The lowest BCUT2D eigenvalue weighted by atomic mass is 10.1. The number of anilines is 1. The molecule has 0 spiro atoms. The third-order valence-electron chi connectivity index (χ3n) is 3.05. The van der Waals surface area contributed by atoms with Crippen molar-refractivity contribution in [3.8, 4) is 5.88 Å². The summed E-state index contributed by atoms with van der Waals surface area (Å²) in [6, 6.07) is 0.126. The van der Waals surface area contributed by atoms with Crippen LogP contribution < -0.4 is 15.4 Å². The maximum atomic E-state index is 11.1. The predicted molar refractivity (Wildman–Crippen MR) is 69.4 cm³/mol. The summed E-state index contributed by atoms with van der Waals surface area (Å²) >= 11 is 0. The topological polar surface area (TPSA) is 102 Å². The van der Waals surface area contributed by atoms with Crippen molar-refractivity contribution < 1.29 is 9.66 Å². The average Bonchev–Trinajstić information content (AvgIpc) is 2.66. The van der Waals surface area contributed by atoms with Gasteiger partial charge in [0, 0.05) is 12.6 Å². The van der Waals surface area contributed by atoms with Crippen LogP contribution >= 0.6 is 0 Å². The minimum absolute atomic E-state index is 0.0240. The first kappa shape index (κ1) is 13.5. The number of hydrogen-bond donors (Lipinski definition) is 2. The molecule has 1 saturated heterocycles. The summed E-state index contributed by atoms with van der Waals surface area (Å²) in [4.78, 5) is 18.3. The van der Waals surface area contributed by atoms with Crippen LogP contribution in [0.2, 0.25) is 0 Å². The fourth-order valence-corrected chi connectivity index (χ4v) is 2.12. The third-order valence-corrected chi connectivity index (χ3v) is 3.05. The van der Waals surface area contributed by atoms with E-state index in [0.29, 0.717) is 0 Å². The van der Waals surface area contributed by atoms with E-state index in [4.69, 9.17) is 4.74 Å². The minimum Gasteiger partial charge on any atom is -0.476 e. The summed E-state index contributed by atoms with van der Waals surface area (Å²) in [5.74, 6) is 0.189. The lowest BCUT2D eigenvalue weighted by molar-refractivity contribution is -0.385. The van der Waals surface area contributed by atoms with E-state index < -0.39 is 4.92 Å². The van der Waals surface area contributed by atoms with Crippen LogP contribution in [0.1, 0.15) is 19.3 Å². The molecule has 1 aromatic rings. The predicted octanol–water partition coefficient (Wildman–Crippen LogP) is 0.947. The molecule has 1 fully saturated rings.